The Labute approximate surface area is 203 Å². The van der Waals surface area contributed by atoms with Crippen molar-refractivity contribution >= 4 is 11.6 Å². The molecule has 1 aromatic carbocycles. The molecule has 2 aliphatic rings. The summed E-state index contributed by atoms with van der Waals surface area (Å²) in [5.41, 5.74) is 0.250. The fourth-order valence-corrected chi connectivity index (χ4v) is 4.16. The maximum Gasteiger partial charge on any atom is 0.416 e. The number of alkyl halides is 3. The highest BCUT2D eigenvalue weighted by atomic mass is 19.4. The summed E-state index contributed by atoms with van der Waals surface area (Å²) >= 11 is 0. The van der Waals surface area contributed by atoms with Gasteiger partial charge in [-0.05, 0) is 37.0 Å². The second kappa shape index (κ2) is 11.7. The van der Waals surface area contributed by atoms with Crippen LogP contribution in [0.5, 0.6) is 0 Å². The van der Waals surface area contributed by atoms with Gasteiger partial charge in [-0.15, -0.1) is 0 Å². The van der Waals surface area contributed by atoms with Gasteiger partial charge in [0.05, 0.1) is 22.9 Å². The van der Waals surface area contributed by atoms with E-state index in [0.29, 0.717) is 50.4 Å². The largest absolute Gasteiger partial charge is 0.416 e. The first-order chi connectivity index (χ1) is 16.7. The maximum atomic E-state index is 13.2. The summed E-state index contributed by atoms with van der Waals surface area (Å²) in [4.78, 5) is 25.9. The van der Waals surface area contributed by atoms with Gasteiger partial charge in [-0.1, -0.05) is 26.0 Å². The molecule has 4 rings (SSSR count). The molecule has 2 aromatic rings. The third-order valence-electron chi connectivity index (χ3n) is 6.24. The number of rotatable bonds is 6. The minimum Gasteiger partial charge on any atom is -0.381 e. The minimum absolute atomic E-state index is 0.0601. The van der Waals surface area contributed by atoms with E-state index in [1.807, 2.05) is 13.8 Å². The number of carbonyl (C=O) groups excluding carboxylic acids is 1. The van der Waals surface area contributed by atoms with Gasteiger partial charge in [0.25, 0.3) is 11.5 Å². The summed E-state index contributed by atoms with van der Waals surface area (Å²) in [5.74, 6) is -0.456. The summed E-state index contributed by atoms with van der Waals surface area (Å²) in [7, 11) is 0. The highest BCUT2D eigenvalue weighted by Gasteiger charge is 2.33. The Morgan fingerprint density at radius 1 is 1.20 bits per heavy atom. The molecular formula is C25H33F3N4O3. The fourth-order valence-electron chi connectivity index (χ4n) is 4.16. The zero-order valence-electron chi connectivity index (χ0n) is 20.3. The number of aromatic nitrogens is 1. The number of nitrogens with one attached hydrogen (secondary N) is 3. The molecular weight excluding hydrogens is 461 g/mol. The lowest BCUT2D eigenvalue weighted by Gasteiger charge is -2.30. The zero-order chi connectivity index (χ0) is 25.6. The second-order valence-electron chi connectivity index (χ2n) is 8.46. The van der Waals surface area contributed by atoms with Crippen molar-refractivity contribution in [1.29, 1.82) is 0 Å². The van der Waals surface area contributed by atoms with Gasteiger partial charge < -0.3 is 25.3 Å². The van der Waals surface area contributed by atoms with E-state index in [0.717, 1.165) is 6.07 Å². The van der Waals surface area contributed by atoms with Gasteiger partial charge in [0.15, 0.2) is 0 Å². The van der Waals surface area contributed by atoms with Crippen molar-refractivity contribution in [3.05, 3.63) is 63.1 Å². The Bertz CT molecular complexity index is 1070. The average molecular weight is 495 g/mol. The van der Waals surface area contributed by atoms with Crippen molar-refractivity contribution in [2.45, 2.75) is 58.4 Å². The highest BCUT2D eigenvalue weighted by molar-refractivity contribution is 5.99. The number of nitrogens with zero attached hydrogens (tertiary/aromatic N) is 1. The Morgan fingerprint density at radius 2 is 1.89 bits per heavy atom. The van der Waals surface area contributed by atoms with Crippen molar-refractivity contribution in [1.82, 2.24) is 15.2 Å². The SMILES string of the molecule is CC.Cc1c(CNC(=O)c2cn(C3CCOCC3)c(=O)cc2NC2CNC2)cccc1C(F)(F)F. The van der Waals surface area contributed by atoms with Crippen LogP contribution in [0.3, 0.4) is 0 Å². The van der Waals surface area contributed by atoms with Crippen molar-refractivity contribution in [2.24, 2.45) is 0 Å². The number of halogens is 3. The first-order valence-corrected chi connectivity index (χ1v) is 12.0. The number of pyridine rings is 1. The summed E-state index contributed by atoms with van der Waals surface area (Å²) in [6.07, 6.45) is -1.56. The monoisotopic (exact) mass is 494 g/mol. The van der Waals surface area contributed by atoms with E-state index < -0.39 is 17.6 Å². The predicted molar refractivity (Wildman–Crippen MR) is 129 cm³/mol. The van der Waals surface area contributed by atoms with E-state index in [9.17, 15) is 22.8 Å². The molecule has 3 heterocycles. The smallest absolute Gasteiger partial charge is 0.381 e. The van der Waals surface area contributed by atoms with Gasteiger partial charge in [-0.25, -0.2) is 0 Å². The summed E-state index contributed by atoms with van der Waals surface area (Å²) in [6.45, 7) is 7.85. The minimum atomic E-state index is -4.46. The molecule has 3 N–H and O–H groups in total. The van der Waals surface area contributed by atoms with E-state index in [-0.39, 0.29) is 35.3 Å². The van der Waals surface area contributed by atoms with Crippen LogP contribution in [0.25, 0.3) is 0 Å². The molecule has 1 amide bonds. The Hall–Kier alpha value is -2.85. The number of hydrogen-bond donors (Lipinski definition) is 3. The molecule has 7 nitrogen and oxygen atoms in total. The van der Waals surface area contributed by atoms with E-state index in [1.165, 1.54) is 19.1 Å². The van der Waals surface area contributed by atoms with Gasteiger partial charge in [0.1, 0.15) is 0 Å². The molecule has 0 spiro atoms. The van der Waals surface area contributed by atoms with Crippen molar-refractivity contribution in [3.63, 3.8) is 0 Å². The van der Waals surface area contributed by atoms with Gasteiger partial charge in [0.2, 0.25) is 0 Å². The van der Waals surface area contributed by atoms with E-state index in [1.54, 1.807) is 16.8 Å². The van der Waals surface area contributed by atoms with E-state index in [2.05, 4.69) is 16.0 Å². The average Bonchev–Trinajstić information content (AvgIpc) is 2.81. The molecule has 1 aromatic heterocycles. The van der Waals surface area contributed by atoms with E-state index in [4.69, 9.17) is 4.74 Å². The van der Waals surface area contributed by atoms with E-state index >= 15 is 0 Å². The number of carbonyl (C=O) groups is 1. The third-order valence-corrected chi connectivity index (χ3v) is 6.24. The first kappa shape index (κ1) is 26.7. The molecule has 0 saturated carbocycles. The molecule has 0 atom stereocenters. The molecule has 2 fully saturated rings. The van der Waals surface area contributed by atoms with Crippen LogP contribution in [0.15, 0.2) is 35.3 Å². The van der Waals surface area contributed by atoms with Gasteiger partial charge in [0, 0.05) is 51.2 Å². The van der Waals surface area contributed by atoms with Crippen molar-refractivity contribution in [2.75, 3.05) is 31.6 Å². The molecule has 0 aliphatic carbocycles. The fraction of sp³-hybridized carbons (Fsp3) is 0.520. The number of ether oxygens (including phenoxy) is 1. The van der Waals surface area contributed by atoms with Crippen LogP contribution in [0, 0.1) is 6.92 Å². The molecule has 2 aliphatic heterocycles. The Kier molecular flexibility index (Phi) is 8.96. The lowest BCUT2D eigenvalue weighted by Crippen LogP contribution is -2.51. The lowest BCUT2D eigenvalue weighted by atomic mass is 10.0. The quantitative estimate of drug-likeness (QED) is 0.568. The summed E-state index contributed by atoms with van der Waals surface area (Å²) in [6, 6.07) is 5.38. The molecule has 10 heteroatoms. The van der Waals surface area contributed by atoms with Crippen LogP contribution in [-0.4, -0.2) is 42.8 Å². The van der Waals surface area contributed by atoms with Crippen molar-refractivity contribution < 1.29 is 22.7 Å². The Balaban J connectivity index is 0.00000167. The highest BCUT2D eigenvalue weighted by Crippen LogP contribution is 2.33. The van der Waals surface area contributed by atoms with Gasteiger partial charge in [-0.2, -0.15) is 13.2 Å². The standard InChI is InChI=1S/C23H27F3N4O3.C2H6/c1-14-15(3-2-4-19(14)23(24,25)26)10-28-22(32)18-13-30(17-5-7-33-8-6-17)21(31)9-20(18)29-16-11-27-12-16;1-2/h2-4,9,13,16-17,27,29H,5-8,10-12H2,1H3,(H,28,32);1-2H3. The molecule has 2 saturated heterocycles. The number of hydrogen-bond acceptors (Lipinski definition) is 5. The first-order valence-electron chi connectivity index (χ1n) is 12.0. The van der Waals surface area contributed by atoms with Crippen LogP contribution < -0.4 is 21.5 Å². The van der Waals surface area contributed by atoms with Gasteiger partial charge >= 0.3 is 6.18 Å². The topological polar surface area (TPSA) is 84.4 Å². The summed E-state index contributed by atoms with van der Waals surface area (Å²) in [5, 5.41) is 9.09. The summed E-state index contributed by atoms with van der Waals surface area (Å²) < 4.78 is 46.6. The maximum absolute atomic E-state index is 13.2. The van der Waals surface area contributed by atoms with Gasteiger partial charge in [-0.3, -0.25) is 9.59 Å². The predicted octanol–water partition coefficient (Wildman–Crippen LogP) is 3.87. The number of benzene rings is 1. The van der Waals surface area contributed by atoms with Crippen LogP contribution in [0.1, 0.15) is 59.8 Å². The normalized spacial score (nSPS) is 16.6. The molecule has 35 heavy (non-hydrogen) atoms. The lowest BCUT2D eigenvalue weighted by molar-refractivity contribution is -0.138. The number of anilines is 1. The Morgan fingerprint density at radius 3 is 2.49 bits per heavy atom. The number of amides is 1. The van der Waals surface area contributed by atoms with Crippen LogP contribution >= 0.6 is 0 Å². The third kappa shape index (κ3) is 6.43. The van der Waals surface area contributed by atoms with Crippen molar-refractivity contribution in [3.8, 4) is 0 Å². The van der Waals surface area contributed by atoms with Crippen LogP contribution in [0.4, 0.5) is 18.9 Å². The van der Waals surface area contributed by atoms with Crippen LogP contribution in [0.2, 0.25) is 0 Å². The molecule has 0 bridgehead atoms. The molecule has 192 valence electrons. The zero-order valence-corrected chi connectivity index (χ0v) is 20.3. The molecule has 0 radical (unpaired) electrons. The second-order valence-corrected chi connectivity index (χ2v) is 8.46. The molecule has 0 unspecified atom stereocenters. The van der Waals surface area contributed by atoms with Crippen LogP contribution in [-0.2, 0) is 17.5 Å².